The van der Waals surface area contributed by atoms with Crippen molar-refractivity contribution >= 4 is 11.8 Å². The fourth-order valence-corrected chi connectivity index (χ4v) is 9.11. The summed E-state index contributed by atoms with van der Waals surface area (Å²) in [5.41, 5.74) is 7.03. The van der Waals surface area contributed by atoms with Gasteiger partial charge >= 0.3 is 0 Å². The third-order valence-electron chi connectivity index (χ3n) is 10.3. The molecular weight excluding hydrogens is 368 g/mol. The van der Waals surface area contributed by atoms with Gasteiger partial charge in [-0.1, -0.05) is 5.16 Å². The van der Waals surface area contributed by atoms with Crippen molar-refractivity contribution in [3.63, 3.8) is 0 Å². The second kappa shape index (κ2) is 4.41. The van der Waals surface area contributed by atoms with Gasteiger partial charge in [-0.2, -0.15) is 0 Å². The summed E-state index contributed by atoms with van der Waals surface area (Å²) in [6, 6.07) is 2.03. The number of amides is 2. The number of likely N-dealkylation sites (tertiary alicyclic amines) is 1. The first-order chi connectivity index (χ1) is 14.0. The Bertz CT molecular complexity index is 942. The Morgan fingerprint density at radius 2 is 1.86 bits per heavy atom. The van der Waals surface area contributed by atoms with Gasteiger partial charge in [-0.25, -0.2) is 0 Å². The molecule has 1 aromatic heterocycles. The molecule has 152 valence electrons. The third-order valence-corrected chi connectivity index (χ3v) is 10.3. The first-order valence-electron chi connectivity index (χ1n) is 11.4. The monoisotopic (exact) mass is 394 g/mol. The second-order valence-electron chi connectivity index (χ2n) is 11.0. The zero-order valence-corrected chi connectivity index (χ0v) is 16.5. The lowest BCUT2D eigenvalue weighted by atomic mass is 8.94. The highest BCUT2D eigenvalue weighted by Crippen LogP contribution is 3.06. The van der Waals surface area contributed by atoms with Gasteiger partial charge in [0.15, 0.2) is 5.69 Å². The van der Waals surface area contributed by atoms with Crippen LogP contribution < -0.4 is 11.1 Å². The van der Waals surface area contributed by atoms with E-state index in [1.807, 2.05) is 0 Å². The van der Waals surface area contributed by atoms with E-state index in [1.54, 1.807) is 6.07 Å². The number of rotatable bonds is 4. The van der Waals surface area contributed by atoms with Crippen LogP contribution in [0.2, 0.25) is 0 Å². The molecule has 7 aliphatic carbocycles. The molecule has 0 spiro atoms. The van der Waals surface area contributed by atoms with E-state index in [0.717, 1.165) is 38.0 Å². The number of nitrogens with two attached hydrogens (primary N) is 1. The Hall–Kier alpha value is -1.89. The molecule has 3 N–H and O–H groups in total. The molecule has 2 heterocycles. The highest BCUT2D eigenvalue weighted by Gasteiger charge is 3.11. The van der Waals surface area contributed by atoms with E-state index in [-0.39, 0.29) is 28.9 Å². The molecule has 8 aliphatic rings. The molecule has 7 nitrogen and oxygen atoms in total. The largest absolute Gasteiger partial charge is 0.360 e. The predicted octanol–water partition coefficient (Wildman–Crippen LogP) is 1.11. The number of carbonyl (C=O) groups excluding carboxylic acids is 2. The second-order valence-corrected chi connectivity index (χ2v) is 11.0. The molecule has 9 rings (SSSR count). The van der Waals surface area contributed by atoms with Crippen LogP contribution in [-0.2, 0) is 4.79 Å². The molecule has 1 aliphatic heterocycles. The molecule has 0 bridgehead atoms. The molecule has 1 saturated heterocycles. The first-order valence-corrected chi connectivity index (χ1v) is 11.4. The Kier molecular flexibility index (Phi) is 2.41. The number of hydrogen-bond donors (Lipinski definition) is 2. The highest BCUT2D eigenvalue weighted by molar-refractivity contribution is 5.94. The smallest absolute Gasteiger partial charge is 0.273 e. The molecule has 1 aromatic rings. The molecule has 7 heteroatoms. The van der Waals surface area contributed by atoms with Crippen molar-refractivity contribution < 1.29 is 14.1 Å². The zero-order valence-electron chi connectivity index (χ0n) is 16.5. The van der Waals surface area contributed by atoms with Crippen molar-refractivity contribution in [3.05, 3.63) is 17.5 Å². The van der Waals surface area contributed by atoms with Gasteiger partial charge in [0, 0.05) is 36.2 Å². The van der Waals surface area contributed by atoms with Gasteiger partial charge in [-0.05, 0) is 68.1 Å². The number of piperidine rings is 1. The predicted molar refractivity (Wildman–Crippen MR) is 100 cm³/mol. The maximum absolute atomic E-state index is 13.5. The van der Waals surface area contributed by atoms with Crippen LogP contribution in [-0.4, -0.2) is 46.0 Å². The molecule has 2 amide bonds. The van der Waals surface area contributed by atoms with E-state index in [4.69, 9.17) is 10.3 Å². The lowest BCUT2D eigenvalue weighted by Crippen LogP contribution is -3.16. The normalized spacial score (nSPS) is 54.2. The average Bonchev–Trinajstić information content (AvgIpc) is 3.44. The van der Waals surface area contributed by atoms with E-state index < -0.39 is 0 Å². The lowest BCUT2D eigenvalue weighted by Gasteiger charge is -3.10. The van der Waals surface area contributed by atoms with Crippen molar-refractivity contribution in [2.24, 2.45) is 46.7 Å². The topological polar surface area (TPSA) is 101 Å². The molecule has 0 radical (unpaired) electrons. The highest BCUT2D eigenvalue weighted by atomic mass is 16.5. The minimum Gasteiger partial charge on any atom is -0.360 e. The van der Waals surface area contributed by atoms with Crippen LogP contribution in [0.15, 0.2) is 10.6 Å². The summed E-state index contributed by atoms with van der Waals surface area (Å²) in [5.74, 6) is 5.36. The zero-order chi connectivity index (χ0) is 19.4. The lowest BCUT2D eigenvalue weighted by molar-refractivity contribution is -0.603. The summed E-state index contributed by atoms with van der Waals surface area (Å²) in [4.78, 5) is 28.2. The van der Waals surface area contributed by atoms with E-state index in [0.29, 0.717) is 53.0 Å². The van der Waals surface area contributed by atoms with Crippen LogP contribution in [0.4, 0.5) is 0 Å². The van der Waals surface area contributed by atoms with Crippen LogP contribution in [0, 0.1) is 40.9 Å². The fourth-order valence-electron chi connectivity index (χ4n) is 9.11. The minimum atomic E-state index is -0.160. The summed E-state index contributed by atoms with van der Waals surface area (Å²) >= 11 is 0. The van der Waals surface area contributed by atoms with Crippen molar-refractivity contribution in [1.82, 2.24) is 15.4 Å². The molecule has 7 saturated carbocycles. The van der Waals surface area contributed by atoms with Gasteiger partial charge in [0.05, 0.1) is 5.41 Å². The van der Waals surface area contributed by atoms with Crippen LogP contribution in [0.25, 0.3) is 0 Å². The summed E-state index contributed by atoms with van der Waals surface area (Å²) in [7, 11) is 0. The van der Waals surface area contributed by atoms with Gasteiger partial charge in [-0.15, -0.1) is 0 Å². The number of nitrogens with one attached hydrogen (secondary N) is 1. The van der Waals surface area contributed by atoms with Gasteiger partial charge < -0.3 is 20.5 Å². The van der Waals surface area contributed by atoms with Crippen molar-refractivity contribution in [2.75, 3.05) is 6.54 Å². The van der Waals surface area contributed by atoms with Crippen LogP contribution in [0.5, 0.6) is 0 Å². The Balaban J connectivity index is 0.930. The summed E-state index contributed by atoms with van der Waals surface area (Å²) in [6.45, 7) is 2.86. The van der Waals surface area contributed by atoms with Crippen LogP contribution in [0.1, 0.15) is 54.8 Å². The van der Waals surface area contributed by atoms with E-state index >= 15 is 0 Å². The van der Waals surface area contributed by atoms with E-state index in [9.17, 15) is 9.59 Å². The average molecular weight is 394 g/mol. The fraction of sp³-hybridized carbons (Fsp3) is 0.773. The molecule has 29 heavy (non-hydrogen) atoms. The maximum Gasteiger partial charge on any atom is 0.273 e. The van der Waals surface area contributed by atoms with Crippen LogP contribution >= 0.6 is 0 Å². The SMILES string of the molecule is C[C@@H]1CC(NC(=O)c2cc(C3CC3)on2)CCN1C(=O)C12C3C4C1C1C2C3C41N. The summed E-state index contributed by atoms with van der Waals surface area (Å²) in [5, 5.41) is 7.05. The first kappa shape index (κ1) is 15.9. The van der Waals surface area contributed by atoms with E-state index in [1.165, 1.54) is 0 Å². The number of carbonyl (C=O) groups is 2. The number of nitrogens with zero attached hydrogens (tertiary/aromatic N) is 2. The van der Waals surface area contributed by atoms with Gasteiger partial charge in [0.25, 0.3) is 5.91 Å². The van der Waals surface area contributed by atoms with E-state index in [2.05, 4.69) is 22.3 Å². The number of hydrogen-bond acceptors (Lipinski definition) is 5. The van der Waals surface area contributed by atoms with Gasteiger partial charge in [0.2, 0.25) is 5.91 Å². The Morgan fingerprint density at radius 3 is 2.48 bits per heavy atom. The summed E-state index contributed by atoms with van der Waals surface area (Å²) in [6.07, 6.45) is 3.86. The van der Waals surface area contributed by atoms with Crippen molar-refractivity contribution in [2.45, 2.75) is 56.1 Å². The molecule has 1 unspecified atom stereocenters. The minimum absolute atomic E-state index is 0.00854. The molecular formula is C22H26N4O3. The van der Waals surface area contributed by atoms with Crippen molar-refractivity contribution in [1.29, 1.82) is 0 Å². The van der Waals surface area contributed by atoms with Crippen molar-refractivity contribution in [3.8, 4) is 0 Å². The Morgan fingerprint density at radius 1 is 1.17 bits per heavy atom. The maximum atomic E-state index is 13.5. The Labute approximate surface area is 168 Å². The van der Waals surface area contributed by atoms with Crippen LogP contribution in [0.3, 0.4) is 0 Å². The molecule has 0 aromatic carbocycles. The molecule has 2 atom stereocenters. The standard InChI is InChI=1S/C22H26N4O3/c1-8-6-10(24-19(27)11-7-12(29-25-11)9-2-3-9)4-5-26(8)20(28)21-13-16-14(21)18-15(21)17(13)22(16,18)23/h7-10,13-18H,2-6,23H2,1H3,(H,24,27)/t8-,10?,13?,14?,15?,16?,17?,18?,21?,22?/m1/s1. The van der Waals surface area contributed by atoms with Gasteiger partial charge in [-0.3, -0.25) is 9.59 Å². The quantitative estimate of drug-likeness (QED) is 0.797. The third kappa shape index (κ3) is 1.37. The molecule has 8 fully saturated rings. The van der Waals surface area contributed by atoms with Gasteiger partial charge in [0.1, 0.15) is 5.76 Å². The summed E-state index contributed by atoms with van der Waals surface area (Å²) < 4.78 is 5.30. The number of aromatic nitrogens is 1.